The average Bonchev–Trinajstić information content (AvgIpc) is 3.76. The van der Waals surface area contributed by atoms with Gasteiger partial charge in [-0.15, -0.1) is 0 Å². The molecule has 0 bridgehead atoms. The van der Waals surface area contributed by atoms with Crippen molar-refractivity contribution in [2.75, 3.05) is 26.2 Å². The molecule has 11 heteroatoms. The van der Waals surface area contributed by atoms with Gasteiger partial charge in [-0.1, -0.05) is 24.3 Å². The van der Waals surface area contributed by atoms with Crippen molar-refractivity contribution in [3.05, 3.63) is 59.7 Å². The molecule has 4 aliphatic heterocycles. The fourth-order valence-corrected chi connectivity index (χ4v) is 6.25. The van der Waals surface area contributed by atoms with Crippen LogP contribution < -0.4 is 10.9 Å². The Bertz CT molecular complexity index is 1360. The van der Waals surface area contributed by atoms with Gasteiger partial charge in [0, 0.05) is 24.7 Å². The van der Waals surface area contributed by atoms with E-state index in [-0.39, 0.29) is 41.0 Å². The molecule has 0 saturated carbocycles. The van der Waals surface area contributed by atoms with E-state index >= 15 is 0 Å². The van der Waals surface area contributed by atoms with Crippen LogP contribution in [0, 0.1) is 0 Å². The predicted molar refractivity (Wildman–Crippen MR) is 181 cm³/mol. The minimum Gasteiger partial charge on any atom is -0.478 e. The van der Waals surface area contributed by atoms with E-state index in [1.165, 1.54) is 25.9 Å². The topological polar surface area (TPSA) is 97.8 Å². The second kappa shape index (κ2) is 13.1. The van der Waals surface area contributed by atoms with Crippen LogP contribution in [0.4, 0.5) is 0 Å². The number of benzene rings is 2. The first-order valence-corrected chi connectivity index (χ1v) is 16.7. The van der Waals surface area contributed by atoms with Crippen molar-refractivity contribution in [3.63, 3.8) is 0 Å². The number of carbonyl (C=O) groups is 2. The highest BCUT2D eigenvalue weighted by Crippen LogP contribution is 2.37. The van der Waals surface area contributed by atoms with Crippen molar-refractivity contribution < 1.29 is 33.3 Å². The SMILES string of the molecule is CC1(C)OB(c2ccc(C(=O)N3CCC[C@@H]3CN3CCCC3)cc2)OC1(C)C.CC1(C)OB(c2ccc(C(=O)O)cc2)OC1(C)C. The quantitative estimate of drug-likeness (QED) is 0.470. The Morgan fingerprint density at radius 1 is 0.674 bits per heavy atom. The summed E-state index contributed by atoms with van der Waals surface area (Å²) in [7, 11) is -0.832. The second-order valence-corrected chi connectivity index (χ2v) is 15.0. The molecule has 0 radical (unpaired) electrons. The first-order chi connectivity index (χ1) is 21.5. The van der Waals surface area contributed by atoms with Crippen molar-refractivity contribution in [1.82, 2.24) is 9.80 Å². The van der Waals surface area contributed by atoms with Gasteiger partial charge in [-0.2, -0.15) is 0 Å². The molecule has 4 heterocycles. The maximum atomic E-state index is 13.1. The van der Waals surface area contributed by atoms with Gasteiger partial charge in [-0.25, -0.2) is 4.79 Å². The Balaban J connectivity index is 0.000000200. The predicted octanol–water partition coefficient (Wildman–Crippen LogP) is 4.37. The molecule has 6 rings (SSSR count). The second-order valence-electron chi connectivity index (χ2n) is 15.0. The van der Waals surface area contributed by atoms with Gasteiger partial charge < -0.3 is 33.5 Å². The van der Waals surface area contributed by atoms with Gasteiger partial charge in [-0.3, -0.25) is 4.79 Å². The van der Waals surface area contributed by atoms with Gasteiger partial charge in [-0.05, 0) is 129 Å². The van der Waals surface area contributed by atoms with Crippen molar-refractivity contribution in [2.24, 2.45) is 0 Å². The smallest absolute Gasteiger partial charge is 0.478 e. The molecule has 0 aliphatic carbocycles. The monoisotopic (exact) mass is 632 g/mol. The molecule has 4 aliphatic rings. The molecule has 248 valence electrons. The summed E-state index contributed by atoms with van der Waals surface area (Å²) in [4.78, 5) is 28.5. The van der Waals surface area contributed by atoms with E-state index in [4.69, 9.17) is 23.7 Å². The van der Waals surface area contributed by atoms with E-state index in [1.807, 2.05) is 52.0 Å². The molecule has 2 aromatic rings. The maximum Gasteiger partial charge on any atom is 0.494 e. The number of likely N-dealkylation sites (tertiary alicyclic amines) is 2. The van der Waals surface area contributed by atoms with E-state index in [1.54, 1.807) is 24.3 Å². The van der Waals surface area contributed by atoms with Gasteiger partial charge >= 0.3 is 20.2 Å². The van der Waals surface area contributed by atoms with Crippen molar-refractivity contribution in [3.8, 4) is 0 Å². The van der Waals surface area contributed by atoms with Crippen molar-refractivity contribution in [2.45, 2.75) is 110 Å². The van der Waals surface area contributed by atoms with Crippen LogP contribution in [-0.4, -0.2) is 95.6 Å². The van der Waals surface area contributed by atoms with Crippen LogP contribution in [0.15, 0.2) is 48.5 Å². The summed E-state index contributed by atoms with van der Waals surface area (Å²) >= 11 is 0. The first kappa shape index (κ1) is 34.6. The highest BCUT2D eigenvalue weighted by Gasteiger charge is 2.52. The lowest BCUT2D eigenvalue weighted by Gasteiger charge is -2.32. The van der Waals surface area contributed by atoms with Gasteiger partial charge in [0.05, 0.1) is 28.0 Å². The molecular weight excluding hydrogens is 582 g/mol. The van der Waals surface area contributed by atoms with Crippen LogP contribution in [0.1, 0.15) is 102 Å². The van der Waals surface area contributed by atoms with E-state index < -0.39 is 13.1 Å². The number of carboxylic acids is 1. The largest absolute Gasteiger partial charge is 0.494 e. The fraction of sp³-hybridized carbons (Fsp3) is 0.600. The minimum absolute atomic E-state index is 0.155. The lowest BCUT2D eigenvalue weighted by molar-refractivity contribution is 0.00578. The molecule has 4 fully saturated rings. The summed E-state index contributed by atoms with van der Waals surface area (Å²) in [5, 5.41) is 8.84. The van der Waals surface area contributed by atoms with Gasteiger partial charge in [0.1, 0.15) is 0 Å². The Morgan fingerprint density at radius 2 is 1.09 bits per heavy atom. The molecule has 1 N–H and O–H groups in total. The number of nitrogens with zero attached hydrogens (tertiary/aromatic N) is 2. The Labute approximate surface area is 275 Å². The summed E-state index contributed by atoms with van der Waals surface area (Å²) in [5.41, 5.74) is 1.33. The van der Waals surface area contributed by atoms with Crippen LogP contribution in [0.5, 0.6) is 0 Å². The Morgan fingerprint density at radius 3 is 1.50 bits per heavy atom. The zero-order valence-corrected chi connectivity index (χ0v) is 28.8. The molecule has 0 aromatic heterocycles. The van der Waals surface area contributed by atoms with Crippen LogP contribution in [0.2, 0.25) is 0 Å². The normalized spacial score (nSPS) is 24.6. The fourth-order valence-electron chi connectivity index (χ4n) is 6.25. The molecule has 46 heavy (non-hydrogen) atoms. The van der Waals surface area contributed by atoms with Crippen molar-refractivity contribution >= 4 is 37.0 Å². The zero-order chi connectivity index (χ0) is 33.5. The summed E-state index contributed by atoms with van der Waals surface area (Å²) < 4.78 is 24.0. The van der Waals surface area contributed by atoms with Gasteiger partial charge in [0.15, 0.2) is 0 Å². The number of hydrogen-bond donors (Lipinski definition) is 1. The molecule has 4 saturated heterocycles. The van der Waals surface area contributed by atoms with E-state index in [9.17, 15) is 9.59 Å². The van der Waals surface area contributed by atoms with Gasteiger partial charge in [0.25, 0.3) is 5.91 Å². The Hall–Kier alpha value is -2.69. The standard InChI is InChI=1S/C22H33BN2O3.C13H17BO4/c1-21(2)22(3,4)28-23(27-21)18-11-9-17(10-12-18)20(26)25-15-7-8-19(25)16-24-13-5-6-14-24;1-12(2)13(3,4)18-14(17-12)10-7-5-9(6-8-10)11(15)16/h9-12,19H,5-8,13-16H2,1-4H3;5-8H,1-4H3,(H,15,16)/t19-;/m1./s1. The van der Waals surface area contributed by atoms with E-state index in [2.05, 4.69) is 37.5 Å². The molecule has 0 unspecified atom stereocenters. The maximum absolute atomic E-state index is 13.1. The number of aromatic carboxylic acids is 1. The van der Waals surface area contributed by atoms with E-state index in [0.717, 1.165) is 42.4 Å². The minimum atomic E-state index is -0.935. The number of carboxylic acid groups (broad SMARTS) is 1. The summed E-state index contributed by atoms with van der Waals surface area (Å²) in [6.45, 7) is 20.4. The Kier molecular flexibility index (Phi) is 9.85. The zero-order valence-electron chi connectivity index (χ0n) is 28.8. The lowest BCUT2D eigenvalue weighted by atomic mass is 9.79. The lowest BCUT2D eigenvalue weighted by Crippen LogP contribution is -2.42. The number of carbonyl (C=O) groups excluding carboxylic acids is 1. The molecule has 1 amide bonds. The number of hydrogen-bond acceptors (Lipinski definition) is 7. The van der Waals surface area contributed by atoms with Crippen LogP contribution >= 0.6 is 0 Å². The van der Waals surface area contributed by atoms with Crippen molar-refractivity contribution in [1.29, 1.82) is 0 Å². The third-order valence-corrected chi connectivity index (χ3v) is 10.7. The summed E-state index contributed by atoms with van der Waals surface area (Å²) in [6, 6.07) is 14.7. The van der Waals surface area contributed by atoms with Crippen LogP contribution in [0.3, 0.4) is 0 Å². The molecule has 9 nitrogen and oxygen atoms in total. The van der Waals surface area contributed by atoms with Crippen LogP contribution in [-0.2, 0) is 18.6 Å². The highest BCUT2D eigenvalue weighted by atomic mass is 16.7. The molecule has 2 aromatic carbocycles. The first-order valence-electron chi connectivity index (χ1n) is 16.7. The summed E-state index contributed by atoms with van der Waals surface area (Å²) in [6.07, 6.45) is 4.81. The molecular formula is C35H50B2N2O7. The molecule has 0 spiro atoms. The third-order valence-electron chi connectivity index (χ3n) is 10.7. The highest BCUT2D eigenvalue weighted by molar-refractivity contribution is 6.62. The summed E-state index contributed by atoms with van der Waals surface area (Å²) in [5.74, 6) is -0.780. The van der Waals surface area contributed by atoms with E-state index in [0.29, 0.717) is 6.04 Å². The molecule has 1 atom stereocenters. The average molecular weight is 632 g/mol. The number of amides is 1. The number of rotatable bonds is 6. The van der Waals surface area contributed by atoms with Gasteiger partial charge in [0.2, 0.25) is 0 Å². The third kappa shape index (κ3) is 7.24. The van der Waals surface area contributed by atoms with Crippen LogP contribution in [0.25, 0.3) is 0 Å².